The summed E-state index contributed by atoms with van der Waals surface area (Å²) in [7, 11) is 0. The van der Waals surface area contributed by atoms with E-state index in [0.717, 1.165) is 19.3 Å². The van der Waals surface area contributed by atoms with Crippen LogP contribution in [-0.2, 0) is 9.53 Å². The van der Waals surface area contributed by atoms with E-state index in [1.54, 1.807) is 0 Å². The van der Waals surface area contributed by atoms with Crippen molar-refractivity contribution >= 4 is 11.9 Å². The van der Waals surface area contributed by atoms with E-state index in [1.807, 2.05) is 6.92 Å². The molecular formula is C12H21N3O2. The molecule has 2 aliphatic rings. The third-order valence-corrected chi connectivity index (χ3v) is 4.43. The Hall–Kier alpha value is -1.26. The van der Waals surface area contributed by atoms with Crippen molar-refractivity contribution in [2.45, 2.75) is 33.1 Å². The molecule has 0 heterocycles. The molecule has 0 amide bonds. The van der Waals surface area contributed by atoms with Gasteiger partial charge in [0.15, 0.2) is 5.96 Å². The molecule has 0 aliphatic heterocycles. The Morgan fingerprint density at radius 3 is 2.59 bits per heavy atom. The molecule has 5 heteroatoms. The minimum Gasteiger partial charge on any atom is -0.466 e. The second kappa shape index (κ2) is 3.89. The summed E-state index contributed by atoms with van der Waals surface area (Å²) in [5, 5.41) is 0. The summed E-state index contributed by atoms with van der Waals surface area (Å²) >= 11 is 0. The van der Waals surface area contributed by atoms with Gasteiger partial charge in [-0.05, 0) is 37.5 Å². The number of nitrogens with two attached hydrogens (primary N) is 2. The number of nitrogens with zero attached hydrogens (tertiary/aromatic N) is 1. The van der Waals surface area contributed by atoms with Crippen molar-refractivity contribution in [1.29, 1.82) is 0 Å². The number of fused-ring (bicyclic) bond motifs is 1. The molecule has 0 saturated heterocycles. The fraction of sp³-hybridized carbons (Fsp3) is 0.833. The molecule has 0 aromatic heterocycles. The maximum atomic E-state index is 12.0. The number of rotatable bonds is 6. The van der Waals surface area contributed by atoms with Crippen LogP contribution in [0, 0.1) is 16.7 Å². The quantitative estimate of drug-likeness (QED) is 0.308. The molecule has 0 aromatic carbocycles. The second-order valence-electron chi connectivity index (χ2n) is 5.28. The van der Waals surface area contributed by atoms with Gasteiger partial charge in [-0.15, -0.1) is 0 Å². The van der Waals surface area contributed by atoms with E-state index in [1.165, 1.54) is 0 Å². The molecular weight excluding hydrogens is 218 g/mol. The molecule has 2 saturated carbocycles. The third-order valence-electron chi connectivity index (χ3n) is 4.43. The number of carbonyl (C=O) groups excluding carboxylic acids is 1. The number of hydrogen-bond donors (Lipinski definition) is 2. The van der Waals surface area contributed by atoms with Crippen LogP contribution >= 0.6 is 0 Å². The van der Waals surface area contributed by atoms with Crippen LogP contribution < -0.4 is 11.5 Å². The first-order chi connectivity index (χ1) is 7.99. The SMILES string of the molecule is CCOC(=O)C1(CCCN=C(N)N)C2CC21C. The highest BCUT2D eigenvalue weighted by Gasteiger charge is 2.89. The molecule has 2 fully saturated rings. The average molecular weight is 239 g/mol. The molecule has 0 radical (unpaired) electrons. The van der Waals surface area contributed by atoms with E-state index in [0.29, 0.717) is 19.1 Å². The fourth-order valence-electron chi connectivity index (χ4n) is 3.22. The van der Waals surface area contributed by atoms with Gasteiger partial charge in [-0.1, -0.05) is 6.92 Å². The average Bonchev–Trinajstić information content (AvgIpc) is 3.05. The van der Waals surface area contributed by atoms with Crippen molar-refractivity contribution in [3.63, 3.8) is 0 Å². The first kappa shape index (κ1) is 12.2. The van der Waals surface area contributed by atoms with Crippen LogP contribution in [0.5, 0.6) is 0 Å². The highest BCUT2D eigenvalue weighted by Crippen LogP contribution is 2.89. The van der Waals surface area contributed by atoms with E-state index in [9.17, 15) is 4.79 Å². The molecule has 2 aliphatic carbocycles. The van der Waals surface area contributed by atoms with E-state index < -0.39 is 0 Å². The predicted octanol–water partition coefficient (Wildman–Crippen LogP) is 0.629. The van der Waals surface area contributed by atoms with E-state index >= 15 is 0 Å². The van der Waals surface area contributed by atoms with Gasteiger partial charge < -0.3 is 16.2 Å². The highest BCUT2D eigenvalue weighted by atomic mass is 16.5. The Kier molecular flexibility index (Phi) is 2.79. The Morgan fingerprint density at radius 2 is 2.18 bits per heavy atom. The monoisotopic (exact) mass is 239 g/mol. The number of carbonyl (C=O) groups is 1. The molecule has 0 aromatic rings. The van der Waals surface area contributed by atoms with E-state index in [4.69, 9.17) is 16.2 Å². The van der Waals surface area contributed by atoms with Gasteiger partial charge in [0.05, 0.1) is 12.0 Å². The molecule has 4 N–H and O–H groups in total. The van der Waals surface area contributed by atoms with Crippen LogP contribution in [0.4, 0.5) is 0 Å². The number of guanidine groups is 1. The van der Waals surface area contributed by atoms with Crippen LogP contribution in [0.25, 0.3) is 0 Å². The van der Waals surface area contributed by atoms with Gasteiger partial charge in [0.2, 0.25) is 0 Å². The van der Waals surface area contributed by atoms with Crippen LogP contribution in [-0.4, -0.2) is 25.1 Å². The first-order valence-electron chi connectivity index (χ1n) is 6.21. The van der Waals surface area contributed by atoms with Crippen molar-refractivity contribution in [3.8, 4) is 0 Å². The smallest absolute Gasteiger partial charge is 0.312 e. The van der Waals surface area contributed by atoms with Crippen LogP contribution in [0.1, 0.15) is 33.1 Å². The summed E-state index contributed by atoms with van der Waals surface area (Å²) < 4.78 is 5.19. The van der Waals surface area contributed by atoms with Gasteiger partial charge in [0, 0.05) is 6.54 Å². The lowest BCUT2D eigenvalue weighted by Gasteiger charge is -2.23. The van der Waals surface area contributed by atoms with Crippen LogP contribution in [0.3, 0.4) is 0 Å². The maximum absolute atomic E-state index is 12.0. The predicted molar refractivity (Wildman–Crippen MR) is 65.2 cm³/mol. The Balaban J connectivity index is 1.88. The molecule has 5 nitrogen and oxygen atoms in total. The van der Waals surface area contributed by atoms with E-state index in [-0.39, 0.29) is 22.8 Å². The normalized spacial score (nSPS) is 36.9. The zero-order chi connectivity index (χ0) is 12.7. The summed E-state index contributed by atoms with van der Waals surface area (Å²) in [5.41, 5.74) is 10.5. The third kappa shape index (κ3) is 1.68. The second-order valence-corrected chi connectivity index (χ2v) is 5.28. The lowest BCUT2D eigenvalue weighted by Crippen LogP contribution is -2.29. The number of ether oxygens (including phenoxy) is 1. The maximum Gasteiger partial charge on any atom is 0.312 e. The van der Waals surface area contributed by atoms with Gasteiger partial charge in [0.25, 0.3) is 0 Å². The zero-order valence-corrected chi connectivity index (χ0v) is 10.5. The van der Waals surface area contributed by atoms with Crippen molar-refractivity contribution in [2.75, 3.05) is 13.2 Å². The Morgan fingerprint density at radius 1 is 1.53 bits per heavy atom. The molecule has 0 spiro atoms. The van der Waals surface area contributed by atoms with Crippen LogP contribution in [0.2, 0.25) is 0 Å². The minimum atomic E-state index is -0.220. The van der Waals surface area contributed by atoms with Gasteiger partial charge >= 0.3 is 5.97 Å². The van der Waals surface area contributed by atoms with Gasteiger partial charge in [-0.25, -0.2) is 0 Å². The van der Waals surface area contributed by atoms with E-state index in [2.05, 4.69) is 11.9 Å². The van der Waals surface area contributed by atoms with Gasteiger partial charge in [-0.3, -0.25) is 9.79 Å². The molecule has 3 unspecified atom stereocenters. The standard InChI is InChI=1S/C12H21N3O2/c1-3-17-9(16)12(8-7-11(8,12)2)5-4-6-15-10(13)14/h8H,3-7H2,1-2H3,(H4,13,14,15). The minimum absolute atomic E-state index is 0.0246. The van der Waals surface area contributed by atoms with Crippen molar-refractivity contribution in [3.05, 3.63) is 0 Å². The van der Waals surface area contributed by atoms with Gasteiger partial charge in [-0.2, -0.15) is 0 Å². The summed E-state index contributed by atoms with van der Waals surface area (Å²) in [6.45, 7) is 5.07. The lowest BCUT2D eigenvalue weighted by molar-refractivity contribution is -0.153. The number of esters is 1. The highest BCUT2D eigenvalue weighted by molar-refractivity contribution is 5.85. The molecule has 17 heavy (non-hydrogen) atoms. The van der Waals surface area contributed by atoms with Crippen molar-refractivity contribution in [1.82, 2.24) is 0 Å². The van der Waals surface area contributed by atoms with Crippen molar-refractivity contribution < 1.29 is 9.53 Å². The molecule has 0 bridgehead atoms. The largest absolute Gasteiger partial charge is 0.466 e. The Labute approximate surface area is 102 Å². The van der Waals surface area contributed by atoms with Crippen molar-refractivity contribution in [2.24, 2.45) is 33.2 Å². The summed E-state index contributed by atoms with van der Waals surface area (Å²) in [5.74, 6) is 0.624. The molecule has 96 valence electrons. The zero-order valence-electron chi connectivity index (χ0n) is 10.5. The summed E-state index contributed by atoms with van der Waals surface area (Å²) in [6.07, 6.45) is 2.83. The van der Waals surface area contributed by atoms with Gasteiger partial charge in [0.1, 0.15) is 0 Å². The Bertz CT molecular complexity index is 365. The topological polar surface area (TPSA) is 90.7 Å². The first-order valence-corrected chi connectivity index (χ1v) is 6.21. The molecule has 2 rings (SSSR count). The number of aliphatic imine (C=N–C) groups is 1. The molecule has 3 atom stereocenters. The van der Waals surface area contributed by atoms with Crippen LogP contribution in [0.15, 0.2) is 4.99 Å². The lowest BCUT2D eigenvalue weighted by atomic mass is 9.84. The summed E-state index contributed by atoms with van der Waals surface area (Å²) in [6, 6.07) is 0. The summed E-state index contributed by atoms with van der Waals surface area (Å²) in [4.78, 5) is 15.9. The number of hydrogen-bond acceptors (Lipinski definition) is 3. The fourth-order valence-corrected chi connectivity index (χ4v) is 3.22.